The van der Waals surface area contributed by atoms with Crippen molar-refractivity contribution in [3.8, 4) is 0 Å². The molecule has 1 aliphatic carbocycles. The van der Waals surface area contributed by atoms with Gasteiger partial charge < -0.3 is 0 Å². The van der Waals surface area contributed by atoms with E-state index in [0.717, 1.165) is 32.1 Å². The standard InChI is InChI=1S/C17H34O4S2/c1-6-7-13-23(19,20)21-22(5,14-16(18)17(2,3)4)15-11-9-8-10-12-15/h15H,6-14H2,1-5H3/p+1. The lowest BCUT2D eigenvalue weighted by molar-refractivity contribution is -0.123. The van der Waals surface area contributed by atoms with Crippen molar-refractivity contribution in [1.82, 2.24) is 0 Å². The van der Waals surface area contributed by atoms with E-state index in [-0.39, 0.29) is 16.8 Å². The molecule has 0 radical (unpaired) electrons. The number of ketones is 1. The topological polar surface area (TPSA) is 64.0 Å². The molecular formula is C17H35O4S2+. The second-order valence-corrected chi connectivity index (χ2v) is 13.2. The van der Waals surface area contributed by atoms with Gasteiger partial charge in [-0.3, -0.25) is 8.42 Å². The van der Waals surface area contributed by atoms with Crippen molar-refractivity contribution in [2.45, 2.75) is 77.9 Å². The highest BCUT2D eigenvalue weighted by molar-refractivity contribution is 8.32. The van der Waals surface area contributed by atoms with Gasteiger partial charge in [0.2, 0.25) is 0 Å². The predicted octanol–water partition coefficient (Wildman–Crippen LogP) is 4.51. The number of carbonyl (C=O) groups is 1. The van der Waals surface area contributed by atoms with E-state index in [1.54, 1.807) is 0 Å². The number of carbonyl (C=O) groups excluding carboxylic acids is 1. The van der Waals surface area contributed by atoms with Crippen molar-refractivity contribution in [2.75, 3.05) is 17.8 Å². The number of rotatable bonds is 8. The normalized spacial score (nSPS) is 21.6. The molecule has 0 saturated heterocycles. The van der Waals surface area contributed by atoms with Crippen molar-refractivity contribution < 1.29 is 16.8 Å². The summed E-state index contributed by atoms with van der Waals surface area (Å²) in [5.41, 5.74) is -0.439. The molecule has 0 heterocycles. The Bertz CT molecular complexity index is 487. The molecule has 0 aromatic heterocycles. The van der Waals surface area contributed by atoms with Gasteiger partial charge in [0.25, 0.3) is 0 Å². The molecule has 1 unspecified atom stereocenters. The van der Waals surface area contributed by atoms with E-state index in [4.69, 9.17) is 0 Å². The fourth-order valence-electron chi connectivity index (χ4n) is 2.88. The zero-order valence-electron chi connectivity index (χ0n) is 15.4. The molecule has 6 heteroatoms. The summed E-state index contributed by atoms with van der Waals surface area (Å²) in [7, 11) is -5.26. The molecule has 0 spiro atoms. The monoisotopic (exact) mass is 367 g/mol. The number of Topliss-reactive ketones (excluding diaryl/α,β-unsaturated/α-hetero) is 1. The van der Waals surface area contributed by atoms with Crippen molar-refractivity contribution >= 4 is 26.2 Å². The molecular weight excluding hydrogens is 332 g/mol. The minimum Gasteiger partial charge on any atom is -0.298 e. The zero-order valence-corrected chi connectivity index (χ0v) is 17.1. The first-order valence-electron chi connectivity index (χ1n) is 8.75. The molecule has 23 heavy (non-hydrogen) atoms. The van der Waals surface area contributed by atoms with Gasteiger partial charge in [-0.1, -0.05) is 53.4 Å². The van der Waals surface area contributed by atoms with E-state index in [1.807, 2.05) is 34.0 Å². The lowest BCUT2D eigenvalue weighted by Gasteiger charge is -2.40. The van der Waals surface area contributed by atoms with E-state index in [1.165, 1.54) is 6.42 Å². The van der Waals surface area contributed by atoms with Gasteiger partial charge >= 0.3 is 10.1 Å². The summed E-state index contributed by atoms with van der Waals surface area (Å²) in [6.07, 6.45) is 8.93. The molecule has 1 N–H and O–H groups in total. The van der Waals surface area contributed by atoms with Gasteiger partial charge in [0, 0.05) is 11.7 Å². The van der Waals surface area contributed by atoms with E-state index in [0.29, 0.717) is 12.2 Å². The molecule has 1 fully saturated rings. The highest BCUT2D eigenvalue weighted by atomic mass is 32.3. The van der Waals surface area contributed by atoms with Gasteiger partial charge in [-0.15, -0.1) is 0 Å². The molecule has 0 amide bonds. The largest absolute Gasteiger partial charge is 0.390 e. The summed E-state index contributed by atoms with van der Waals surface area (Å²) in [4.78, 5) is 12.6. The van der Waals surface area contributed by atoms with Crippen molar-refractivity contribution in [1.29, 1.82) is 0 Å². The maximum absolute atomic E-state index is 12.6. The molecule has 0 aromatic carbocycles. The fraction of sp³-hybridized carbons (Fsp3) is 0.941. The summed E-state index contributed by atoms with van der Waals surface area (Å²) in [6.45, 7) is 7.69. The van der Waals surface area contributed by atoms with Crippen molar-refractivity contribution in [3.05, 3.63) is 0 Å². The van der Waals surface area contributed by atoms with Crippen LogP contribution in [0.5, 0.6) is 0 Å². The summed E-state index contributed by atoms with van der Waals surface area (Å²) in [5.74, 6) is 0.560. The first kappa shape index (κ1) is 21.0. The zero-order chi connectivity index (χ0) is 17.7. The summed E-state index contributed by atoms with van der Waals surface area (Å²) >= 11 is 0. The minimum absolute atomic E-state index is 0.114. The average Bonchev–Trinajstić information content (AvgIpc) is 2.44. The van der Waals surface area contributed by atoms with E-state index >= 15 is 0 Å². The Morgan fingerprint density at radius 2 is 1.70 bits per heavy atom. The summed E-state index contributed by atoms with van der Waals surface area (Å²) < 4.78 is 29.2. The van der Waals surface area contributed by atoms with Crippen LogP contribution >= 0.6 is 10.3 Å². The van der Waals surface area contributed by atoms with Gasteiger partial charge in [-0.05, 0) is 29.6 Å². The summed E-state index contributed by atoms with van der Waals surface area (Å²) in [6, 6.07) is 0. The van der Waals surface area contributed by atoms with Gasteiger partial charge in [-0.2, -0.15) is 8.42 Å². The number of unbranched alkanes of at least 4 members (excludes halogenated alkanes) is 1. The first-order chi connectivity index (χ1) is 10.5. The van der Waals surface area contributed by atoms with E-state index in [2.05, 4.69) is 3.63 Å². The Labute approximate surface area is 144 Å². The number of hydrogen-bond acceptors (Lipinski definition) is 3. The molecule has 0 bridgehead atoms. The van der Waals surface area contributed by atoms with Crippen molar-refractivity contribution in [3.63, 3.8) is 0 Å². The van der Waals surface area contributed by atoms with E-state index in [9.17, 15) is 13.2 Å². The molecule has 138 valence electrons. The molecule has 4 nitrogen and oxygen atoms in total. The lowest BCUT2D eigenvalue weighted by atomic mass is 9.92. The quantitative estimate of drug-likeness (QED) is 0.468. The second kappa shape index (κ2) is 8.34. The third-order valence-electron chi connectivity index (χ3n) is 4.57. The number of hydrogen-bond donors (Lipinski definition) is 0. The van der Waals surface area contributed by atoms with Crippen molar-refractivity contribution in [2.24, 2.45) is 5.41 Å². The molecule has 1 atom stereocenters. The van der Waals surface area contributed by atoms with Crippen LogP contribution in [0.3, 0.4) is 0 Å². The van der Waals surface area contributed by atoms with Crippen LogP contribution in [0.15, 0.2) is 0 Å². The predicted molar refractivity (Wildman–Crippen MR) is 101 cm³/mol. The Hall–Kier alpha value is -0.0700. The van der Waals surface area contributed by atoms with Gasteiger partial charge in [0.1, 0.15) is 5.75 Å². The highest BCUT2D eigenvalue weighted by Gasteiger charge is 2.43. The van der Waals surface area contributed by atoms with Gasteiger partial charge in [0.15, 0.2) is 5.78 Å². The highest BCUT2D eigenvalue weighted by Crippen LogP contribution is 2.55. The third kappa shape index (κ3) is 6.75. The smallest absolute Gasteiger partial charge is 0.298 e. The Morgan fingerprint density at radius 3 is 2.17 bits per heavy atom. The van der Waals surface area contributed by atoms with Crippen LogP contribution in [0.2, 0.25) is 0 Å². The van der Waals surface area contributed by atoms with Crippen LogP contribution < -0.4 is 0 Å². The van der Waals surface area contributed by atoms with Gasteiger partial charge in [0.05, 0.1) is 11.0 Å². The molecule has 1 saturated carbocycles. The van der Waals surface area contributed by atoms with Crippen LogP contribution in [-0.4, -0.2) is 40.8 Å². The van der Waals surface area contributed by atoms with Crippen LogP contribution in [0.25, 0.3) is 0 Å². The van der Waals surface area contributed by atoms with Crippen LogP contribution in [0.4, 0.5) is 0 Å². The third-order valence-corrected chi connectivity index (χ3v) is 10.4. The first-order valence-corrected chi connectivity index (χ1v) is 12.6. The average molecular weight is 368 g/mol. The van der Waals surface area contributed by atoms with Crippen LogP contribution in [0, 0.1) is 5.41 Å². The lowest BCUT2D eigenvalue weighted by Crippen LogP contribution is -2.36. The van der Waals surface area contributed by atoms with E-state index < -0.39 is 25.8 Å². The van der Waals surface area contributed by atoms with Crippen LogP contribution in [-0.2, 0) is 14.9 Å². The van der Waals surface area contributed by atoms with Crippen LogP contribution in [0.1, 0.15) is 72.6 Å². The summed E-state index contributed by atoms with van der Waals surface area (Å²) in [5, 5.41) is 0.277. The molecule has 0 aromatic rings. The molecule has 1 aliphatic rings. The Morgan fingerprint density at radius 1 is 1.13 bits per heavy atom. The Kier molecular flexibility index (Phi) is 7.61. The maximum Gasteiger partial charge on any atom is 0.390 e. The minimum atomic E-state index is -3.43. The Balaban J connectivity index is 2.98. The molecule has 1 rings (SSSR count). The fourth-order valence-corrected chi connectivity index (χ4v) is 9.16. The second-order valence-electron chi connectivity index (χ2n) is 7.90. The SMILES string of the molecule is CCCCS(=O)(=O)[OH+]S(C)(CC(=O)C(C)(C)C)C1CCCCC1. The molecule has 0 aliphatic heterocycles. The van der Waals surface area contributed by atoms with Gasteiger partial charge in [-0.25, -0.2) is 0 Å². The maximum atomic E-state index is 12.6.